The van der Waals surface area contributed by atoms with Gasteiger partial charge in [0, 0.05) is 29.7 Å². The predicted molar refractivity (Wildman–Crippen MR) is 106 cm³/mol. The van der Waals surface area contributed by atoms with Crippen LogP contribution in [-0.2, 0) is 15.0 Å². The van der Waals surface area contributed by atoms with Gasteiger partial charge in [0.05, 0.1) is 0 Å². The van der Waals surface area contributed by atoms with Gasteiger partial charge in [-0.25, -0.2) is 0 Å². The second-order valence-corrected chi connectivity index (χ2v) is 7.67. The third-order valence-corrected chi connectivity index (χ3v) is 4.77. The smallest absolute Gasteiger partial charge is 0.308 e. The Kier molecular flexibility index (Phi) is 4.57. The fraction of sp³-hybridized carbons (Fsp3) is 0.304. The van der Waals surface area contributed by atoms with Gasteiger partial charge in [-0.3, -0.25) is 9.59 Å². The quantitative estimate of drug-likeness (QED) is 0.356. The number of Topliss-reactive ketones (excluding diaryl/α,β-unsaturated/α-hetero) is 1. The molecule has 0 radical (unpaired) electrons. The number of hydrogen-bond acceptors (Lipinski definition) is 3. The summed E-state index contributed by atoms with van der Waals surface area (Å²) in [5, 5.41) is 4.16. The summed E-state index contributed by atoms with van der Waals surface area (Å²) in [6.45, 7) is 9.07. The molecule has 0 spiro atoms. The molecule has 0 aliphatic rings. The van der Waals surface area contributed by atoms with Gasteiger partial charge in [0.1, 0.15) is 11.5 Å². The summed E-state index contributed by atoms with van der Waals surface area (Å²) in [5.41, 5.74) is 1.52. The predicted octanol–water partition coefficient (Wildman–Crippen LogP) is 5.48. The van der Waals surface area contributed by atoms with E-state index in [4.69, 9.17) is 4.74 Å². The summed E-state index contributed by atoms with van der Waals surface area (Å²) in [7, 11) is 0. The van der Waals surface area contributed by atoms with Crippen molar-refractivity contribution in [3.8, 4) is 5.75 Å². The van der Waals surface area contributed by atoms with E-state index >= 15 is 0 Å². The molecule has 134 valence electrons. The average Bonchev–Trinajstić information content (AvgIpc) is 2.51. The van der Waals surface area contributed by atoms with Crippen LogP contribution in [0.2, 0.25) is 0 Å². The number of carbonyl (C=O) groups is 2. The van der Waals surface area contributed by atoms with E-state index < -0.39 is 5.41 Å². The molecule has 0 saturated heterocycles. The number of benzene rings is 3. The van der Waals surface area contributed by atoms with E-state index in [2.05, 4.69) is 24.3 Å². The maximum atomic E-state index is 11.8. The SMILES string of the molecule is CC(=O)CC(C)(C)c1c(C)cc2cc3ccccc3cc2c1OC(C)=O. The Morgan fingerprint density at radius 2 is 1.58 bits per heavy atom. The molecule has 26 heavy (non-hydrogen) atoms. The van der Waals surface area contributed by atoms with Crippen LogP contribution in [0.4, 0.5) is 0 Å². The van der Waals surface area contributed by atoms with E-state index in [0.717, 1.165) is 32.7 Å². The van der Waals surface area contributed by atoms with Crippen molar-refractivity contribution in [3.63, 3.8) is 0 Å². The molecule has 0 aliphatic heterocycles. The first kappa shape index (κ1) is 18.1. The molecule has 0 aliphatic carbocycles. The standard InChI is InChI=1S/C23H24O3/c1-14-10-19-11-17-8-6-7-9-18(17)12-20(19)22(26-16(3)25)21(14)23(4,5)13-15(2)24/h6-12H,13H2,1-5H3. The van der Waals surface area contributed by atoms with E-state index in [9.17, 15) is 9.59 Å². The molecule has 0 unspecified atom stereocenters. The van der Waals surface area contributed by atoms with Crippen molar-refractivity contribution >= 4 is 33.3 Å². The van der Waals surface area contributed by atoms with Gasteiger partial charge >= 0.3 is 5.97 Å². The van der Waals surface area contributed by atoms with Gasteiger partial charge in [0.15, 0.2) is 0 Å². The van der Waals surface area contributed by atoms with E-state index in [1.807, 2.05) is 39.0 Å². The average molecular weight is 348 g/mol. The maximum absolute atomic E-state index is 11.8. The minimum atomic E-state index is -0.430. The molecule has 0 saturated carbocycles. The van der Waals surface area contributed by atoms with Crippen LogP contribution in [0.3, 0.4) is 0 Å². The molecule has 0 atom stereocenters. The van der Waals surface area contributed by atoms with Crippen molar-refractivity contribution in [2.24, 2.45) is 0 Å². The molecule has 0 N–H and O–H groups in total. The second-order valence-electron chi connectivity index (χ2n) is 7.67. The number of rotatable bonds is 4. The molecule has 3 aromatic rings. The summed E-state index contributed by atoms with van der Waals surface area (Å²) < 4.78 is 5.71. The summed E-state index contributed by atoms with van der Waals surface area (Å²) in [4.78, 5) is 23.7. The number of aryl methyl sites for hydroxylation is 1. The Hall–Kier alpha value is -2.68. The number of hydrogen-bond donors (Lipinski definition) is 0. The highest BCUT2D eigenvalue weighted by molar-refractivity contribution is 6.03. The largest absolute Gasteiger partial charge is 0.426 e. The highest BCUT2D eigenvalue weighted by Gasteiger charge is 2.30. The van der Waals surface area contributed by atoms with Gasteiger partial charge in [-0.05, 0) is 47.7 Å². The van der Waals surface area contributed by atoms with Crippen LogP contribution in [0.15, 0.2) is 42.5 Å². The van der Waals surface area contributed by atoms with E-state index in [1.54, 1.807) is 6.92 Å². The summed E-state index contributed by atoms with van der Waals surface area (Å²) >= 11 is 0. The number of esters is 1. The third-order valence-electron chi connectivity index (χ3n) is 4.77. The van der Waals surface area contributed by atoms with Gasteiger partial charge in [-0.15, -0.1) is 0 Å². The Balaban J connectivity index is 2.39. The minimum Gasteiger partial charge on any atom is -0.426 e. The molecule has 3 heteroatoms. The maximum Gasteiger partial charge on any atom is 0.308 e. The third kappa shape index (κ3) is 3.34. The minimum absolute atomic E-state index is 0.113. The molecular weight excluding hydrogens is 324 g/mol. The van der Waals surface area contributed by atoms with Crippen molar-refractivity contribution in [1.82, 2.24) is 0 Å². The van der Waals surface area contributed by atoms with Crippen molar-refractivity contribution in [1.29, 1.82) is 0 Å². The van der Waals surface area contributed by atoms with E-state index in [1.165, 1.54) is 6.92 Å². The van der Waals surface area contributed by atoms with Crippen molar-refractivity contribution in [3.05, 3.63) is 53.6 Å². The summed E-state index contributed by atoms with van der Waals surface area (Å²) in [5.74, 6) is 0.330. The van der Waals surface area contributed by atoms with Gasteiger partial charge in [0.2, 0.25) is 0 Å². The normalized spacial score (nSPS) is 11.7. The Bertz CT molecular complexity index is 1030. The lowest BCUT2D eigenvalue weighted by atomic mass is 9.76. The van der Waals surface area contributed by atoms with Crippen LogP contribution in [0.1, 0.15) is 45.2 Å². The number of fused-ring (bicyclic) bond motifs is 2. The molecule has 3 aromatic carbocycles. The number of ether oxygens (including phenoxy) is 1. The first-order chi connectivity index (χ1) is 12.2. The van der Waals surface area contributed by atoms with Crippen molar-refractivity contribution in [2.75, 3.05) is 0 Å². The molecule has 3 rings (SSSR count). The number of ketones is 1. The van der Waals surface area contributed by atoms with Crippen LogP contribution in [0, 0.1) is 6.92 Å². The number of carbonyl (C=O) groups excluding carboxylic acids is 2. The lowest BCUT2D eigenvalue weighted by molar-refractivity contribution is -0.131. The second kappa shape index (κ2) is 6.56. The van der Waals surface area contributed by atoms with Gasteiger partial charge in [-0.2, -0.15) is 0 Å². The molecule has 0 aromatic heterocycles. The first-order valence-electron chi connectivity index (χ1n) is 8.83. The lowest BCUT2D eigenvalue weighted by Crippen LogP contribution is -2.24. The van der Waals surface area contributed by atoms with Crippen molar-refractivity contribution < 1.29 is 14.3 Å². The fourth-order valence-corrected chi connectivity index (χ4v) is 3.99. The molecule has 0 bridgehead atoms. The first-order valence-corrected chi connectivity index (χ1v) is 8.83. The van der Waals surface area contributed by atoms with E-state index in [-0.39, 0.29) is 11.8 Å². The molecule has 3 nitrogen and oxygen atoms in total. The molecule has 0 fully saturated rings. The topological polar surface area (TPSA) is 43.4 Å². The van der Waals surface area contributed by atoms with Crippen molar-refractivity contribution in [2.45, 2.75) is 46.5 Å². The summed E-state index contributed by atoms with van der Waals surface area (Å²) in [6, 6.07) is 14.4. The summed E-state index contributed by atoms with van der Waals surface area (Å²) in [6.07, 6.45) is 0.390. The zero-order valence-electron chi connectivity index (χ0n) is 16.0. The Labute approximate surface area is 154 Å². The van der Waals surface area contributed by atoms with Gasteiger partial charge in [0.25, 0.3) is 0 Å². The van der Waals surface area contributed by atoms with Gasteiger partial charge in [-0.1, -0.05) is 44.2 Å². The van der Waals surface area contributed by atoms with Gasteiger partial charge < -0.3 is 4.74 Å². The molecular formula is C23H24O3. The molecule has 0 amide bonds. The lowest BCUT2D eigenvalue weighted by Gasteiger charge is -2.29. The van der Waals surface area contributed by atoms with Crippen LogP contribution in [-0.4, -0.2) is 11.8 Å². The highest BCUT2D eigenvalue weighted by atomic mass is 16.5. The monoisotopic (exact) mass is 348 g/mol. The van der Waals surface area contributed by atoms with Crippen LogP contribution < -0.4 is 4.74 Å². The van der Waals surface area contributed by atoms with E-state index in [0.29, 0.717) is 12.2 Å². The van der Waals surface area contributed by atoms with Crippen LogP contribution >= 0.6 is 0 Å². The van der Waals surface area contributed by atoms with Crippen LogP contribution in [0.5, 0.6) is 5.75 Å². The zero-order valence-corrected chi connectivity index (χ0v) is 16.0. The zero-order chi connectivity index (χ0) is 19.1. The van der Waals surface area contributed by atoms with Crippen LogP contribution in [0.25, 0.3) is 21.5 Å². The highest BCUT2D eigenvalue weighted by Crippen LogP contribution is 2.43. The Morgan fingerprint density at radius 3 is 2.15 bits per heavy atom. The Morgan fingerprint density at radius 1 is 0.962 bits per heavy atom. The molecule has 0 heterocycles. The fourth-order valence-electron chi connectivity index (χ4n) is 3.99.